The molecule has 0 spiro atoms. The summed E-state index contributed by atoms with van der Waals surface area (Å²) in [6.07, 6.45) is 2.10. The number of anilines is 1. The molecule has 0 saturated carbocycles. The van der Waals surface area contributed by atoms with E-state index >= 15 is 0 Å². The van der Waals surface area contributed by atoms with Crippen LogP contribution in [0.5, 0.6) is 0 Å². The third-order valence-electron chi connectivity index (χ3n) is 5.08. The fourth-order valence-electron chi connectivity index (χ4n) is 3.32. The number of sulfone groups is 1. The van der Waals surface area contributed by atoms with Gasteiger partial charge in [0, 0.05) is 12.2 Å². The first-order valence-electron chi connectivity index (χ1n) is 11.3. The summed E-state index contributed by atoms with van der Waals surface area (Å²) >= 11 is 1.19. The maximum atomic E-state index is 13.0. The van der Waals surface area contributed by atoms with Crippen LogP contribution in [0.2, 0.25) is 0 Å². The molecule has 0 saturated heterocycles. The zero-order valence-corrected chi connectivity index (χ0v) is 21.7. The van der Waals surface area contributed by atoms with Crippen molar-refractivity contribution in [2.45, 2.75) is 47.9 Å². The average Bonchev–Trinajstić information content (AvgIpc) is 3.23. The molecule has 0 aliphatic rings. The molecular weight excluding hydrogens is 500 g/mol. The number of aromatic nitrogens is 3. The molecule has 9 nitrogen and oxygen atoms in total. The van der Waals surface area contributed by atoms with Gasteiger partial charge < -0.3 is 14.6 Å². The second-order valence-corrected chi connectivity index (χ2v) is 10.8. The van der Waals surface area contributed by atoms with Crippen molar-refractivity contribution in [3.8, 4) is 0 Å². The third-order valence-corrected chi connectivity index (χ3v) is 8.05. The number of amides is 1. The second-order valence-electron chi connectivity index (χ2n) is 7.68. The van der Waals surface area contributed by atoms with Gasteiger partial charge >= 0.3 is 5.97 Å². The van der Waals surface area contributed by atoms with Gasteiger partial charge in [-0.3, -0.25) is 4.79 Å². The van der Waals surface area contributed by atoms with Crippen LogP contribution < -0.4 is 5.32 Å². The Morgan fingerprint density at radius 3 is 2.56 bits per heavy atom. The minimum Gasteiger partial charge on any atom is -0.462 e. The molecule has 0 fully saturated rings. The lowest BCUT2D eigenvalue weighted by Crippen LogP contribution is -2.25. The summed E-state index contributed by atoms with van der Waals surface area (Å²) in [5.41, 5.74) is 0.803. The molecule has 36 heavy (non-hydrogen) atoms. The number of nitrogens with one attached hydrogen (secondary N) is 1. The zero-order valence-electron chi connectivity index (χ0n) is 20.1. The van der Waals surface area contributed by atoms with Gasteiger partial charge in [-0.25, -0.2) is 13.2 Å². The molecule has 2 aromatic carbocycles. The van der Waals surface area contributed by atoms with Crippen LogP contribution in [0.25, 0.3) is 0 Å². The lowest BCUT2D eigenvalue weighted by atomic mass is 10.2. The van der Waals surface area contributed by atoms with Gasteiger partial charge in [-0.15, -0.1) is 16.8 Å². The number of esters is 1. The van der Waals surface area contributed by atoms with Crippen molar-refractivity contribution in [2.75, 3.05) is 11.9 Å². The molecule has 0 bridgehead atoms. The van der Waals surface area contributed by atoms with Gasteiger partial charge in [0.2, 0.25) is 5.91 Å². The first kappa shape index (κ1) is 27.2. The van der Waals surface area contributed by atoms with E-state index in [1.54, 1.807) is 60.0 Å². The molecule has 0 aliphatic heterocycles. The van der Waals surface area contributed by atoms with Gasteiger partial charge in [0.25, 0.3) is 0 Å². The van der Waals surface area contributed by atoms with Crippen molar-refractivity contribution in [1.29, 1.82) is 0 Å². The summed E-state index contributed by atoms with van der Waals surface area (Å²) in [6.45, 7) is 7.87. The molecular formula is C25H28N4O5S2. The number of carbonyl (C=O) groups excluding carboxylic acids is 2. The molecule has 3 aromatic rings. The summed E-state index contributed by atoms with van der Waals surface area (Å²) < 4.78 is 32.4. The van der Waals surface area contributed by atoms with Gasteiger partial charge in [0.05, 0.1) is 22.3 Å². The first-order valence-corrected chi connectivity index (χ1v) is 13.9. The fourth-order valence-corrected chi connectivity index (χ4v) is 5.59. The Labute approximate surface area is 214 Å². The maximum Gasteiger partial charge on any atom is 0.338 e. The standard InChI is InChI=1S/C25H28N4O5S2/c1-4-15-29-22(17-36(32,33)20-13-8-7-9-14-20)27-28-25(29)35-21(5-2)23(30)26-19-12-10-11-18(16-19)24(31)34-6-3/h4,7-14,16,21H,1,5-6,15,17H2,2-3H3,(H,26,30). The number of thioether (sulfide) groups is 1. The quantitative estimate of drug-likeness (QED) is 0.212. The molecule has 0 aliphatic carbocycles. The normalized spacial score (nSPS) is 12.1. The third kappa shape index (κ3) is 6.82. The summed E-state index contributed by atoms with van der Waals surface area (Å²) in [5, 5.41) is 11.0. The Balaban J connectivity index is 1.78. The van der Waals surface area contributed by atoms with Crippen molar-refractivity contribution >= 4 is 39.2 Å². The van der Waals surface area contributed by atoms with Crippen LogP contribution in [-0.2, 0) is 31.7 Å². The van der Waals surface area contributed by atoms with E-state index in [1.807, 2.05) is 6.92 Å². The van der Waals surface area contributed by atoms with E-state index in [0.29, 0.717) is 22.8 Å². The van der Waals surface area contributed by atoms with Crippen LogP contribution in [0, 0.1) is 0 Å². The largest absolute Gasteiger partial charge is 0.462 e. The number of allylic oxidation sites excluding steroid dienone is 1. The Bertz CT molecular complexity index is 1320. The van der Waals surface area contributed by atoms with Crippen molar-refractivity contribution in [2.24, 2.45) is 0 Å². The number of hydrogen-bond acceptors (Lipinski definition) is 8. The minimum atomic E-state index is -3.63. The predicted molar refractivity (Wildman–Crippen MR) is 139 cm³/mol. The highest BCUT2D eigenvalue weighted by molar-refractivity contribution is 8.00. The van der Waals surface area contributed by atoms with E-state index in [4.69, 9.17) is 4.74 Å². The smallest absolute Gasteiger partial charge is 0.338 e. The van der Waals surface area contributed by atoms with E-state index in [0.717, 1.165) is 0 Å². The zero-order chi connectivity index (χ0) is 26.1. The molecule has 11 heteroatoms. The Morgan fingerprint density at radius 1 is 1.14 bits per heavy atom. The topological polar surface area (TPSA) is 120 Å². The lowest BCUT2D eigenvalue weighted by Gasteiger charge is -2.15. The van der Waals surface area contributed by atoms with E-state index in [2.05, 4.69) is 22.1 Å². The number of hydrogen-bond donors (Lipinski definition) is 1. The number of nitrogens with zero attached hydrogens (tertiary/aromatic N) is 3. The van der Waals surface area contributed by atoms with Crippen LogP contribution in [-0.4, -0.2) is 46.9 Å². The summed E-state index contributed by atoms with van der Waals surface area (Å²) in [4.78, 5) is 25.2. The molecule has 190 valence electrons. The van der Waals surface area contributed by atoms with Crippen LogP contribution in [0.3, 0.4) is 0 Å². The van der Waals surface area contributed by atoms with Gasteiger partial charge in [-0.1, -0.05) is 49.0 Å². The second kappa shape index (κ2) is 12.5. The first-order chi connectivity index (χ1) is 17.3. The predicted octanol–water partition coefficient (Wildman–Crippen LogP) is 4.12. The lowest BCUT2D eigenvalue weighted by molar-refractivity contribution is -0.115. The van der Waals surface area contributed by atoms with Crippen LogP contribution in [0.15, 0.2) is 77.3 Å². The van der Waals surface area contributed by atoms with Crippen LogP contribution in [0.1, 0.15) is 36.5 Å². The van der Waals surface area contributed by atoms with Gasteiger partial charge in [-0.05, 0) is 43.7 Å². The number of ether oxygens (including phenoxy) is 1. The average molecular weight is 529 g/mol. The van der Waals surface area contributed by atoms with E-state index < -0.39 is 21.1 Å². The molecule has 1 N–H and O–H groups in total. The SMILES string of the molecule is C=CCn1c(CS(=O)(=O)c2ccccc2)nnc1SC(CC)C(=O)Nc1cccc(C(=O)OCC)c1. The Morgan fingerprint density at radius 2 is 1.89 bits per heavy atom. The highest BCUT2D eigenvalue weighted by atomic mass is 32.2. The van der Waals surface area contributed by atoms with Gasteiger partial charge in [0.1, 0.15) is 11.6 Å². The minimum absolute atomic E-state index is 0.197. The molecule has 1 unspecified atom stereocenters. The van der Waals surface area contributed by atoms with Gasteiger partial charge in [0.15, 0.2) is 15.0 Å². The number of carbonyl (C=O) groups is 2. The highest BCUT2D eigenvalue weighted by Gasteiger charge is 2.25. The molecule has 0 radical (unpaired) electrons. The molecule has 1 heterocycles. The van der Waals surface area contributed by atoms with Crippen LogP contribution >= 0.6 is 11.8 Å². The highest BCUT2D eigenvalue weighted by Crippen LogP contribution is 2.27. The van der Waals surface area contributed by atoms with Gasteiger partial charge in [-0.2, -0.15) is 0 Å². The number of rotatable bonds is 12. The summed E-state index contributed by atoms with van der Waals surface area (Å²) in [6, 6.07) is 14.7. The molecule has 3 rings (SSSR count). The van der Waals surface area contributed by atoms with E-state index in [9.17, 15) is 18.0 Å². The van der Waals surface area contributed by atoms with E-state index in [-0.39, 0.29) is 35.5 Å². The maximum absolute atomic E-state index is 13.0. The van der Waals surface area contributed by atoms with Crippen LogP contribution in [0.4, 0.5) is 5.69 Å². The molecule has 1 atom stereocenters. The summed E-state index contributed by atoms with van der Waals surface area (Å²) in [7, 11) is -3.63. The van der Waals surface area contributed by atoms with Crippen molar-refractivity contribution in [3.05, 3.63) is 78.6 Å². The van der Waals surface area contributed by atoms with Crippen molar-refractivity contribution in [3.63, 3.8) is 0 Å². The Hall–Kier alpha value is -3.44. The fraction of sp³-hybridized carbons (Fsp3) is 0.280. The van der Waals surface area contributed by atoms with Crippen molar-refractivity contribution in [1.82, 2.24) is 14.8 Å². The molecule has 1 amide bonds. The number of benzene rings is 2. The van der Waals surface area contributed by atoms with E-state index in [1.165, 1.54) is 23.9 Å². The summed E-state index contributed by atoms with van der Waals surface area (Å²) in [5.74, 6) is -0.818. The molecule has 1 aromatic heterocycles. The van der Waals surface area contributed by atoms with Crippen molar-refractivity contribution < 1.29 is 22.7 Å². The monoisotopic (exact) mass is 528 g/mol. The Kier molecular flexibility index (Phi) is 9.43.